The van der Waals surface area contributed by atoms with E-state index in [1.54, 1.807) is 50.6 Å². The summed E-state index contributed by atoms with van der Waals surface area (Å²) >= 11 is 6.06. The molecule has 2 aromatic carbocycles. The lowest BCUT2D eigenvalue weighted by Crippen LogP contribution is -1.96. The molecule has 20 heavy (non-hydrogen) atoms. The van der Waals surface area contributed by atoms with Gasteiger partial charge in [-0.2, -0.15) is 0 Å². The minimum absolute atomic E-state index is 0.00472. The predicted molar refractivity (Wildman–Crippen MR) is 80.0 cm³/mol. The Hall–Kier alpha value is -2.00. The smallest absolute Gasteiger partial charge is 0.159 e. The van der Waals surface area contributed by atoms with E-state index in [9.17, 15) is 4.79 Å². The maximum atomic E-state index is 11.6. The molecular weight excluding hydrogens is 276 g/mol. The minimum atomic E-state index is -0.00472. The fourth-order valence-corrected chi connectivity index (χ4v) is 2.20. The van der Waals surface area contributed by atoms with E-state index < -0.39 is 0 Å². The van der Waals surface area contributed by atoms with Crippen LogP contribution >= 0.6 is 11.6 Å². The molecule has 3 nitrogen and oxygen atoms in total. The number of benzene rings is 2. The molecule has 0 atom stereocenters. The number of rotatable bonds is 4. The molecule has 0 aliphatic heterocycles. The molecule has 0 fully saturated rings. The van der Waals surface area contributed by atoms with Crippen LogP contribution in [0.4, 0.5) is 0 Å². The third-order valence-electron chi connectivity index (χ3n) is 3.06. The van der Waals surface area contributed by atoms with Crippen molar-refractivity contribution in [1.29, 1.82) is 0 Å². The first-order chi connectivity index (χ1) is 9.56. The van der Waals surface area contributed by atoms with E-state index in [0.717, 1.165) is 11.1 Å². The molecule has 0 bridgehead atoms. The van der Waals surface area contributed by atoms with Gasteiger partial charge in [0.1, 0.15) is 11.5 Å². The molecule has 0 spiro atoms. The lowest BCUT2D eigenvalue weighted by atomic mass is 9.99. The van der Waals surface area contributed by atoms with E-state index in [4.69, 9.17) is 21.1 Å². The van der Waals surface area contributed by atoms with Crippen LogP contribution in [0.3, 0.4) is 0 Å². The molecule has 0 radical (unpaired) electrons. The molecule has 104 valence electrons. The minimum Gasteiger partial charge on any atom is -0.496 e. The van der Waals surface area contributed by atoms with Crippen LogP contribution in [0.15, 0.2) is 36.4 Å². The number of carbonyl (C=O) groups excluding carboxylic acids is 1. The van der Waals surface area contributed by atoms with Crippen molar-refractivity contribution in [3.63, 3.8) is 0 Å². The summed E-state index contributed by atoms with van der Waals surface area (Å²) in [5.74, 6) is 1.33. The Kier molecular flexibility index (Phi) is 4.30. The number of ketones is 1. The van der Waals surface area contributed by atoms with E-state index in [1.165, 1.54) is 6.92 Å². The van der Waals surface area contributed by atoms with Crippen molar-refractivity contribution >= 4 is 17.4 Å². The average molecular weight is 291 g/mol. The second kappa shape index (κ2) is 5.97. The van der Waals surface area contributed by atoms with Crippen molar-refractivity contribution in [1.82, 2.24) is 0 Å². The molecule has 0 aromatic heterocycles. The Balaban J connectivity index is 2.69. The highest BCUT2D eigenvalue weighted by molar-refractivity contribution is 6.31. The number of ether oxygens (including phenoxy) is 2. The van der Waals surface area contributed by atoms with Gasteiger partial charge in [0.05, 0.1) is 14.2 Å². The van der Waals surface area contributed by atoms with Crippen LogP contribution < -0.4 is 9.47 Å². The van der Waals surface area contributed by atoms with E-state index in [0.29, 0.717) is 22.1 Å². The zero-order chi connectivity index (χ0) is 14.7. The van der Waals surface area contributed by atoms with Gasteiger partial charge >= 0.3 is 0 Å². The fourth-order valence-electron chi connectivity index (χ4n) is 2.03. The average Bonchev–Trinajstić information content (AvgIpc) is 2.46. The maximum Gasteiger partial charge on any atom is 0.159 e. The molecule has 2 aromatic rings. The zero-order valence-corrected chi connectivity index (χ0v) is 12.3. The van der Waals surface area contributed by atoms with Gasteiger partial charge in [0, 0.05) is 21.7 Å². The van der Waals surface area contributed by atoms with Crippen LogP contribution in [0, 0.1) is 0 Å². The van der Waals surface area contributed by atoms with Crippen LogP contribution in [0.2, 0.25) is 5.02 Å². The van der Waals surface area contributed by atoms with Crippen LogP contribution in [0.5, 0.6) is 11.5 Å². The molecule has 0 heterocycles. The number of halogens is 1. The summed E-state index contributed by atoms with van der Waals surface area (Å²) in [6, 6.07) is 10.6. The standard InChI is InChI=1S/C16H15ClO3/c1-10(18)11-4-6-15(19-2)13(8-11)14-9-12(17)5-7-16(14)20-3/h4-9H,1-3H3. The van der Waals surface area contributed by atoms with Crippen molar-refractivity contribution in [2.45, 2.75) is 6.92 Å². The summed E-state index contributed by atoms with van der Waals surface area (Å²) in [4.78, 5) is 11.6. The molecule has 4 heteroatoms. The lowest BCUT2D eigenvalue weighted by molar-refractivity contribution is 0.101. The van der Waals surface area contributed by atoms with E-state index >= 15 is 0 Å². The topological polar surface area (TPSA) is 35.5 Å². The van der Waals surface area contributed by atoms with Crippen LogP contribution in [0.25, 0.3) is 11.1 Å². The molecule has 0 amide bonds. The predicted octanol–water partition coefficient (Wildman–Crippen LogP) is 4.23. The van der Waals surface area contributed by atoms with Crippen molar-refractivity contribution in [3.8, 4) is 22.6 Å². The summed E-state index contributed by atoms with van der Waals surface area (Å²) < 4.78 is 10.7. The first-order valence-corrected chi connectivity index (χ1v) is 6.47. The van der Waals surface area contributed by atoms with Crippen LogP contribution in [-0.2, 0) is 0 Å². The Bertz CT molecular complexity index is 650. The Morgan fingerprint density at radius 1 is 0.950 bits per heavy atom. The molecule has 0 saturated carbocycles. The lowest BCUT2D eigenvalue weighted by Gasteiger charge is -2.13. The molecule has 0 saturated heterocycles. The van der Waals surface area contributed by atoms with E-state index in [1.807, 2.05) is 0 Å². The molecule has 0 aliphatic carbocycles. The van der Waals surface area contributed by atoms with Gasteiger partial charge in [0.15, 0.2) is 5.78 Å². The van der Waals surface area contributed by atoms with Gasteiger partial charge in [-0.15, -0.1) is 0 Å². The molecule has 2 rings (SSSR count). The van der Waals surface area contributed by atoms with Gasteiger partial charge in [-0.3, -0.25) is 4.79 Å². The summed E-state index contributed by atoms with van der Waals surface area (Å²) in [7, 11) is 3.18. The van der Waals surface area contributed by atoms with Gasteiger partial charge in [-0.05, 0) is 43.3 Å². The van der Waals surface area contributed by atoms with Gasteiger partial charge in [-0.1, -0.05) is 11.6 Å². The highest BCUT2D eigenvalue weighted by atomic mass is 35.5. The monoisotopic (exact) mass is 290 g/mol. The number of hydrogen-bond donors (Lipinski definition) is 0. The van der Waals surface area contributed by atoms with Crippen molar-refractivity contribution in [2.24, 2.45) is 0 Å². The first kappa shape index (κ1) is 14.4. The quantitative estimate of drug-likeness (QED) is 0.791. The molecule has 0 N–H and O–H groups in total. The summed E-state index contributed by atoms with van der Waals surface area (Å²) in [5.41, 5.74) is 2.18. The second-order valence-electron chi connectivity index (χ2n) is 4.32. The first-order valence-electron chi connectivity index (χ1n) is 6.09. The number of carbonyl (C=O) groups is 1. The van der Waals surface area contributed by atoms with Gasteiger partial charge < -0.3 is 9.47 Å². The third kappa shape index (κ3) is 2.78. The number of methoxy groups -OCH3 is 2. The maximum absolute atomic E-state index is 11.6. The summed E-state index contributed by atoms with van der Waals surface area (Å²) in [5, 5.41) is 0.594. The van der Waals surface area contributed by atoms with Crippen molar-refractivity contribution < 1.29 is 14.3 Å². The van der Waals surface area contributed by atoms with E-state index in [-0.39, 0.29) is 5.78 Å². The highest BCUT2D eigenvalue weighted by Gasteiger charge is 2.14. The third-order valence-corrected chi connectivity index (χ3v) is 3.29. The highest BCUT2D eigenvalue weighted by Crippen LogP contribution is 2.38. The van der Waals surface area contributed by atoms with Crippen LogP contribution in [0.1, 0.15) is 17.3 Å². The Morgan fingerprint density at radius 3 is 2.05 bits per heavy atom. The second-order valence-corrected chi connectivity index (χ2v) is 4.75. The fraction of sp³-hybridized carbons (Fsp3) is 0.188. The SMILES string of the molecule is COc1ccc(Cl)cc1-c1cc(C(C)=O)ccc1OC. The largest absolute Gasteiger partial charge is 0.496 e. The zero-order valence-electron chi connectivity index (χ0n) is 11.6. The number of Topliss-reactive ketones (excluding diaryl/α,β-unsaturated/α-hetero) is 1. The number of hydrogen-bond acceptors (Lipinski definition) is 3. The van der Waals surface area contributed by atoms with Gasteiger partial charge in [0.2, 0.25) is 0 Å². The molecular formula is C16H15ClO3. The van der Waals surface area contributed by atoms with Crippen molar-refractivity contribution in [3.05, 3.63) is 47.0 Å². The molecule has 0 unspecified atom stereocenters. The Morgan fingerprint density at radius 2 is 1.50 bits per heavy atom. The van der Waals surface area contributed by atoms with Crippen LogP contribution in [-0.4, -0.2) is 20.0 Å². The summed E-state index contributed by atoms with van der Waals surface area (Å²) in [6.07, 6.45) is 0. The Labute approximate surface area is 123 Å². The van der Waals surface area contributed by atoms with Gasteiger partial charge in [-0.25, -0.2) is 0 Å². The van der Waals surface area contributed by atoms with Gasteiger partial charge in [0.25, 0.3) is 0 Å². The van der Waals surface area contributed by atoms with Crippen molar-refractivity contribution in [2.75, 3.05) is 14.2 Å². The molecule has 0 aliphatic rings. The van der Waals surface area contributed by atoms with E-state index in [2.05, 4.69) is 0 Å². The normalized spacial score (nSPS) is 10.2. The summed E-state index contributed by atoms with van der Waals surface area (Å²) in [6.45, 7) is 1.53.